The Balaban J connectivity index is 1.54. The zero-order valence-electron chi connectivity index (χ0n) is 12.3. The van der Waals surface area contributed by atoms with Gasteiger partial charge in [-0.15, -0.1) is 0 Å². The first kappa shape index (κ1) is 12.9. The van der Waals surface area contributed by atoms with Crippen LogP contribution in [0.5, 0.6) is 0 Å². The lowest BCUT2D eigenvalue weighted by molar-refractivity contribution is 1.32. The van der Waals surface area contributed by atoms with Crippen LogP contribution in [0.2, 0.25) is 0 Å². The minimum absolute atomic E-state index is 1.03. The Hall–Kier alpha value is -2.80. The molecule has 1 aliphatic rings. The first-order valence-electron chi connectivity index (χ1n) is 7.59. The van der Waals surface area contributed by atoms with E-state index in [1.807, 2.05) is 18.2 Å². The lowest BCUT2D eigenvalue weighted by Gasteiger charge is -2.08. The molecule has 0 fully saturated rings. The highest BCUT2D eigenvalue weighted by molar-refractivity contribution is 5.88. The van der Waals surface area contributed by atoms with Gasteiger partial charge in [-0.3, -0.25) is 0 Å². The van der Waals surface area contributed by atoms with Gasteiger partial charge in [0.15, 0.2) is 0 Å². The number of allylic oxidation sites excluding steroid dienone is 1. The SMILES string of the molecule is C1=C(c2ccc(Nc3ccccc3)cc2)Cc2ccccc21. The highest BCUT2D eigenvalue weighted by Gasteiger charge is 2.13. The third-order valence-corrected chi connectivity index (χ3v) is 4.08. The molecule has 3 aromatic rings. The molecule has 0 aliphatic heterocycles. The third kappa shape index (κ3) is 2.53. The summed E-state index contributed by atoms with van der Waals surface area (Å²) in [5.41, 5.74) is 7.70. The van der Waals surface area contributed by atoms with E-state index in [1.54, 1.807) is 0 Å². The first-order valence-corrected chi connectivity index (χ1v) is 7.59. The van der Waals surface area contributed by atoms with Crippen molar-refractivity contribution in [2.24, 2.45) is 0 Å². The Bertz CT molecular complexity index is 814. The molecular weight excluding hydrogens is 266 g/mol. The van der Waals surface area contributed by atoms with Crippen LogP contribution in [0.25, 0.3) is 11.6 Å². The molecule has 22 heavy (non-hydrogen) atoms. The molecule has 3 aromatic carbocycles. The maximum atomic E-state index is 3.42. The molecule has 106 valence electrons. The minimum atomic E-state index is 1.03. The summed E-state index contributed by atoms with van der Waals surface area (Å²) in [4.78, 5) is 0. The standard InChI is InChI=1S/C21H17N/c1-2-8-20(9-3-1)22-21-12-10-16(11-13-21)19-14-17-6-4-5-7-18(17)15-19/h1-14,22H,15H2. The normalized spacial score (nSPS) is 12.6. The van der Waals surface area contributed by atoms with Crippen molar-refractivity contribution in [3.63, 3.8) is 0 Å². The highest BCUT2D eigenvalue weighted by atomic mass is 14.9. The fourth-order valence-electron chi connectivity index (χ4n) is 2.92. The van der Waals surface area contributed by atoms with Gasteiger partial charge >= 0.3 is 0 Å². The summed E-state index contributed by atoms with van der Waals surface area (Å²) in [7, 11) is 0. The van der Waals surface area contributed by atoms with E-state index >= 15 is 0 Å². The smallest absolute Gasteiger partial charge is 0.0384 e. The Kier molecular flexibility index (Phi) is 3.24. The Morgan fingerprint density at radius 3 is 2.09 bits per heavy atom. The zero-order chi connectivity index (χ0) is 14.8. The topological polar surface area (TPSA) is 12.0 Å². The lowest BCUT2D eigenvalue weighted by Crippen LogP contribution is -1.90. The summed E-state index contributed by atoms with van der Waals surface area (Å²) in [6, 6.07) is 27.6. The molecule has 0 heterocycles. The van der Waals surface area contributed by atoms with Gasteiger partial charge in [-0.2, -0.15) is 0 Å². The van der Waals surface area contributed by atoms with Crippen molar-refractivity contribution in [1.82, 2.24) is 0 Å². The fraction of sp³-hybridized carbons (Fsp3) is 0.0476. The van der Waals surface area contributed by atoms with Crippen LogP contribution in [0.4, 0.5) is 11.4 Å². The van der Waals surface area contributed by atoms with Gasteiger partial charge in [0.05, 0.1) is 0 Å². The molecule has 0 bridgehead atoms. The van der Waals surface area contributed by atoms with E-state index in [-0.39, 0.29) is 0 Å². The molecular formula is C21H17N. The molecule has 0 amide bonds. The molecule has 0 unspecified atom stereocenters. The van der Waals surface area contributed by atoms with E-state index in [4.69, 9.17) is 0 Å². The van der Waals surface area contributed by atoms with E-state index < -0.39 is 0 Å². The van der Waals surface area contributed by atoms with Gasteiger partial charge in [0.25, 0.3) is 0 Å². The number of nitrogens with one attached hydrogen (secondary N) is 1. The van der Waals surface area contributed by atoms with Gasteiger partial charge in [0.2, 0.25) is 0 Å². The largest absolute Gasteiger partial charge is 0.356 e. The van der Waals surface area contributed by atoms with Crippen LogP contribution in [0, 0.1) is 0 Å². The molecule has 1 aliphatic carbocycles. The second kappa shape index (κ2) is 5.53. The summed E-state index contributed by atoms with van der Waals surface area (Å²) in [5.74, 6) is 0. The summed E-state index contributed by atoms with van der Waals surface area (Å²) in [6.07, 6.45) is 3.33. The molecule has 4 rings (SSSR count). The van der Waals surface area contributed by atoms with Gasteiger partial charge in [0.1, 0.15) is 0 Å². The number of hydrogen-bond acceptors (Lipinski definition) is 1. The van der Waals surface area contributed by atoms with Crippen LogP contribution in [0.15, 0.2) is 78.9 Å². The van der Waals surface area contributed by atoms with Crippen LogP contribution in [-0.2, 0) is 6.42 Å². The summed E-state index contributed by atoms with van der Waals surface area (Å²) in [5, 5.41) is 3.42. The van der Waals surface area contributed by atoms with Crippen molar-refractivity contribution in [3.8, 4) is 0 Å². The van der Waals surface area contributed by atoms with E-state index in [2.05, 4.69) is 72.1 Å². The number of rotatable bonds is 3. The molecule has 1 heteroatoms. The van der Waals surface area contributed by atoms with Gasteiger partial charge in [-0.05, 0) is 52.9 Å². The highest BCUT2D eigenvalue weighted by Crippen LogP contribution is 2.32. The van der Waals surface area contributed by atoms with Gasteiger partial charge < -0.3 is 5.32 Å². The average molecular weight is 283 g/mol. The number of hydrogen-bond donors (Lipinski definition) is 1. The zero-order valence-corrected chi connectivity index (χ0v) is 12.3. The van der Waals surface area contributed by atoms with Crippen molar-refractivity contribution < 1.29 is 0 Å². The van der Waals surface area contributed by atoms with E-state index in [0.717, 1.165) is 17.8 Å². The number of benzene rings is 3. The fourth-order valence-corrected chi connectivity index (χ4v) is 2.92. The van der Waals surface area contributed by atoms with Crippen molar-refractivity contribution >= 4 is 23.0 Å². The number of fused-ring (bicyclic) bond motifs is 1. The Morgan fingerprint density at radius 1 is 0.636 bits per heavy atom. The summed E-state index contributed by atoms with van der Waals surface area (Å²) >= 11 is 0. The Morgan fingerprint density at radius 2 is 1.32 bits per heavy atom. The molecule has 0 aromatic heterocycles. The molecule has 0 saturated heterocycles. The van der Waals surface area contributed by atoms with Crippen LogP contribution in [-0.4, -0.2) is 0 Å². The van der Waals surface area contributed by atoms with E-state index in [1.165, 1.54) is 22.3 Å². The predicted molar refractivity (Wildman–Crippen MR) is 94.2 cm³/mol. The van der Waals surface area contributed by atoms with Crippen LogP contribution >= 0.6 is 0 Å². The molecule has 0 radical (unpaired) electrons. The molecule has 0 spiro atoms. The average Bonchev–Trinajstić information content (AvgIpc) is 3.00. The third-order valence-electron chi connectivity index (χ3n) is 4.08. The minimum Gasteiger partial charge on any atom is -0.356 e. The molecule has 0 atom stereocenters. The van der Waals surface area contributed by atoms with Gasteiger partial charge in [-0.25, -0.2) is 0 Å². The van der Waals surface area contributed by atoms with Crippen molar-refractivity contribution in [1.29, 1.82) is 0 Å². The summed E-state index contributed by atoms with van der Waals surface area (Å²) in [6.45, 7) is 0. The van der Waals surface area contributed by atoms with Crippen molar-refractivity contribution in [2.75, 3.05) is 5.32 Å². The van der Waals surface area contributed by atoms with Crippen LogP contribution < -0.4 is 5.32 Å². The monoisotopic (exact) mass is 283 g/mol. The van der Waals surface area contributed by atoms with Crippen LogP contribution in [0.3, 0.4) is 0 Å². The quantitative estimate of drug-likeness (QED) is 0.666. The van der Waals surface area contributed by atoms with Crippen molar-refractivity contribution in [3.05, 3.63) is 95.6 Å². The van der Waals surface area contributed by atoms with E-state index in [0.29, 0.717) is 0 Å². The maximum Gasteiger partial charge on any atom is 0.0384 e. The predicted octanol–water partition coefficient (Wildman–Crippen LogP) is 5.53. The van der Waals surface area contributed by atoms with E-state index in [9.17, 15) is 0 Å². The Labute approximate surface area is 130 Å². The van der Waals surface area contributed by atoms with Crippen molar-refractivity contribution in [2.45, 2.75) is 6.42 Å². The maximum absolute atomic E-state index is 3.42. The molecule has 0 saturated carbocycles. The second-order valence-corrected chi connectivity index (χ2v) is 5.61. The summed E-state index contributed by atoms with van der Waals surface area (Å²) < 4.78 is 0. The van der Waals surface area contributed by atoms with Gasteiger partial charge in [-0.1, -0.05) is 60.7 Å². The number of para-hydroxylation sites is 1. The molecule has 1 nitrogen and oxygen atoms in total. The van der Waals surface area contributed by atoms with Crippen LogP contribution in [0.1, 0.15) is 16.7 Å². The second-order valence-electron chi connectivity index (χ2n) is 5.61. The first-order chi connectivity index (χ1) is 10.9. The van der Waals surface area contributed by atoms with Gasteiger partial charge in [0, 0.05) is 11.4 Å². The lowest BCUT2D eigenvalue weighted by atomic mass is 10.0. The number of anilines is 2. The molecule has 1 N–H and O–H groups in total.